The summed E-state index contributed by atoms with van der Waals surface area (Å²) in [5, 5.41) is 11.1. The van der Waals surface area contributed by atoms with Gasteiger partial charge in [-0.05, 0) is 23.3 Å². The van der Waals surface area contributed by atoms with Gasteiger partial charge in [0.2, 0.25) is 0 Å². The Balaban J connectivity index is 1.65. The fraction of sp³-hybridized carbons (Fsp3) is 0.400. The van der Waals surface area contributed by atoms with Crippen LogP contribution in [-0.2, 0) is 20.6 Å². The van der Waals surface area contributed by atoms with E-state index in [-0.39, 0.29) is 11.1 Å². The molecule has 0 aromatic heterocycles. The molecular formula is C20H21NO6. The van der Waals surface area contributed by atoms with Crippen LogP contribution in [0.15, 0.2) is 42.5 Å². The molecule has 3 aliphatic rings. The minimum absolute atomic E-state index is 0.0346. The van der Waals surface area contributed by atoms with Gasteiger partial charge in [-0.25, -0.2) is 0 Å². The fourth-order valence-electron chi connectivity index (χ4n) is 3.38. The monoisotopic (exact) mass is 371 g/mol. The summed E-state index contributed by atoms with van der Waals surface area (Å²) in [5.41, 5.74) is 2.36. The topological polar surface area (TPSA) is 80.1 Å². The third kappa shape index (κ3) is 3.41. The molecule has 27 heavy (non-hydrogen) atoms. The second kappa shape index (κ2) is 6.60. The summed E-state index contributed by atoms with van der Waals surface area (Å²) in [4.78, 5) is 10.7. The number of nitro benzene ring substituents is 1. The SMILES string of the molecule is COc1ccc(CC23OCC(C)(CO2)CO3)cc1-c1cccc([N+](=O)[O-])c1. The molecule has 0 N–H and O–H groups in total. The third-order valence-electron chi connectivity index (χ3n) is 4.97. The first kappa shape index (κ1) is 17.9. The number of non-ortho nitro benzene ring substituents is 1. The van der Waals surface area contributed by atoms with Crippen molar-refractivity contribution >= 4 is 5.69 Å². The number of benzene rings is 2. The highest BCUT2D eigenvalue weighted by Crippen LogP contribution is 2.41. The number of hydrogen-bond acceptors (Lipinski definition) is 6. The van der Waals surface area contributed by atoms with Crippen molar-refractivity contribution in [3.63, 3.8) is 0 Å². The third-order valence-corrected chi connectivity index (χ3v) is 4.97. The smallest absolute Gasteiger partial charge is 0.287 e. The lowest BCUT2D eigenvalue weighted by Gasteiger charge is -2.50. The number of ether oxygens (including phenoxy) is 4. The van der Waals surface area contributed by atoms with E-state index in [1.807, 2.05) is 24.3 Å². The van der Waals surface area contributed by atoms with Crippen molar-refractivity contribution in [2.45, 2.75) is 19.3 Å². The largest absolute Gasteiger partial charge is 0.496 e. The summed E-state index contributed by atoms with van der Waals surface area (Å²) in [7, 11) is 1.58. The van der Waals surface area contributed by atoms with E-state index in [1.165, 1.54) is 12.1 Å². The van der Waals surface area contributed by atoms with Crippen molar-refractivity contribution in [2.24, 2.45) is 5.41 Å². The van der Waals surface area contributed by atoms with Gasteiger partial charge < -0.3 is 18.9 Å². The van der Waals surface area contributed by atoms with Gasteiger partial charge >= 0.3 is 0 Å². The Morgan fingerprint density at radius 1 is 1.11 bits per heavy atom. The molecule has 142 valence electrons. The molecule has 0 radical (unpaired) electrons. The standard InChI is InChI=1S/C20H21NO6/c1-19-11-25-20(26-12-19,27-13-19)10-14-6-7-18(24-2)17(8-14)15-4-3-5-16(9-15)21(22)23/h3-9H,10-13H2,1-2H3. The summed E-state index contributed by atoms with van der Waals surface area (Å²) in [6.45, 7) is 3.87. The summed E-state index contributed by atoms with van der Waals surface area (Å²) in [6, 6.07) is 12.2. The minimum Gasteiger partial charge on any atom is -0.496 e. The average molecular weight is 371 g/mol. The van der Waals surface area contributed by atoms with Crippen LogP contribution in [0, 0.1) is 15.5 Å². The first-order valence-electron chi connectivity index (χ1n) is 8.76. The number of nitro groups is 1. The quantitative estimate of drug-likeness (QED) is 0.591. The first-order chi connectivity index (χ1) is 12.9. The van der Waals surface area contributed by atoms with Gasteiger partial charge in [0.1, 0.15) is 5.75 Å². The van der Waals surface area contributed by atoms with Crippen LogP contribution in [0.2, 0.25) is 0 Å². The molecule has 0 amide bonds. The van der Waals surface area contributed by atoms with E-state index in [1.54, 1.807) is 13.2 Å². The lowest BCUT2D eigenvalue weighted by atomic mass is 9.91. The zero-order chi connectivity index (χ0) is 19.1. The molecule has 0 saturated carbocycles. The van der Waals surface area contributed by atoms with Crippen LogP contribution in [0.25, 0.3) is 11.1 Å². The molecule has 3 aliphatic heterocycles. The highest BCUT2D eigenvalue weighted by Gasteiger charge is 2.50. The second-order valence-corrected chi connectivity index (χ2v) is 7.38. The van der Waals surface area contributed by atoms with Crippen molar-refractivity contribution in [1.82, 2.24) is 0 Å². The Morgan fingerprint density at radius 3 is 2.44 bits per heavy atom. The van der Waals surface area contributed by atoms with Gasteiger partial charge in [-0.15, -0.1) is 0 Å². The van der Waals surface area contributed by atoms with E-state index in [2.05, 4.69) is 6.92 Å². The van der Waals surface area contributed by atoms with Gasteiger partial charge in [0.15, 0.2) is 0 Å². The summed E-state index contributed by atoms with van der Waals surface area (Å²) in [5.74, 6) is -0.425. The van der Waals surface area contributed by atoms with Gasteiger partial charge in [-0.1, -0.05) is 25.1 Å². The molecule has 3 fully saturated rings. The molecule has 0 spiro atoms. The van der Waals surface area contributed by atoms with Gasteiger partial charge in [-0.3, -0.25) is 10.1 Å². The maximum atomic E-state index is 11.1. The van der Waals surface area contributed by atoms with Crippen LogP contribution in [0.1, 0.15) is 12.5 Å². The van der Waals surface area contributed by atoms with Crippen molar-refractivity contribution < 1.29 is 23.9 Å². The summed E-state index contributed by atoms with van der Waals surface area (Å²) >= 11 is 0. The van der Waals surface area contributed by atoms with E-state index in [9.17, 15) is 10.1 Å². The van der Waals surface area contributed by atoms with Crippen molar-refractivity contribution in [1.29, 1.82) is 0 Å². The second-order valence-electron chi connectivity index (χ2n) is 7.38. The van der Waals surface area contributed by atoms with E-state index < -0.39 is 10.9 Å². The van der Waals surface area contributed by atoms with E-state index in [4.69, 9.17) is 18.9 Å². The highest BCUT2D eigenvalue weighted by molar-refractivity contribution is 5.73. The lowest BCUT2D eigenvalue weighted by molar-refractivity contribution is -0.464. The molecule has 3 heterocycles. The summed E-state index contributed by atoms with van der Waals surface area (Å²) in [6.07, 6.45) is 0.426. The molecule has 7 nitrogen and oxygen atoms in total. The molecule has 0 aliphatic carbocycles. The molecule has 3 saturated heterocycles. The predicted molar refractivity (Wildman–Crippen MR) is 97.5 cm³/mol. The Kier molecular flexibility index (Phi) is 4.38. The predicted octanol–water partition coefficient (Wildman–Crippen LogP) is 3.55. The van der Waals surface area contributed by atoms with Crippen molar-refractivity contribution in [3.05, 3.63) is 58.1 Å². The van der Waals surface area contributed by atoms with Crippen LogP contribution >= 0.6 is 0 Å². The van der Waals surface area contributed by atoms with Crippen LogP contribution in [0.4, 0.5) is 5.69 Å². The van der Waals surface area contributed by atoms with Crippen LogP contribution in [0.5, 0.6) is 5.75 Å². The molecule has 0 atom stereocenters. The molecular weight excluding hydrogens is 350 g/mol. The maximum absolute atomic E-state index is 11.1. The highest BCUT2D eigenvalue weighted by atomic mass is 16.9. The number of nitrogens with zero attached hydrogens (tertiary/aromatic N) is 1. The maximum Gasteiger partial charge on any atom is 0.287 e. The molecule has 0 unspecified atom stereocenters. The molecule has 5 rings (SSSR count). The van der Waals surface area contributed by atoms with Gasteiger partial charge in [-0.2, -0.15) is 0 Å². The number of hydrogen-bond donors (Lipinski definition) is 0. The zero-order valence-electron chi connectivity index (χ0n) is 15.3. The minimum atomic E-state index is -1.06. The Bertz CT molecular complexity index is 856. The number of methoxy groups -OCH3 is 1. The van der Waals surface area contributed by atoms with Crippen LogP contribution < -0.4 is 4.74 Å². The van der Waals surface area contributed by atoms with Crippen LogP contribution in [0.3, 0.4) is 0 Å². The Morgan fingerprint density at radius 2 is 1.81 bits per heavy atom. The number of fused-ring (bicyclic) bond motifs is 3. The van der Waals surface area contributed by atoms with Crippen molar-refractivity contribution in [2.75, 3.05) is 26.9 Å². The van der Waals surface area contributed by atoms with E-state index in [0.29, 0.717) is 37.6 Å². The van der Waals surface area contributed by atoms with E-state index >= 15 is 0 Å². The number of rotatable bonds is 5. The van der Waals surface area contributed by atoms with Gasteiger partial charge in [0, 0.05) is 23.1 Å². The summed E-state index contributed by atoms with van der Waals surface area (Å²) < 4.78 is 23.0. The fourth-order valence-corrected chi connectivity index (χ4v) is 3.38. The molecule has 2 aromatic rings. The first-order valence-corrected chi connectivity index (χ1v) is 8.76. The van der Waals surface area contributed by atoms with Gasteiger partial charge in [0.05, 0.1) is 38.3 Å². The zero-order valence-corrected chi connectivity index (χ0v) is 15.3. The van der Waals surface area contributed by atoms with Gasteiger partial charge in [0.25, 0.3) is 11.7 Å². The molecule has 2 aromatic carbocycles. The normalized spacial score (nSPS) is 26.7. The Labute approximate surface area is 157 Å². The van der Waals surface area contributed by atoms with E-state index in [0.717, 1.165) is 11.1 Å². The lowest BCUT2D eigenvalue weighted by Crippen LogP contribution is -2.59. The van der Waals surface area contributed by atoms with Crippen molar-refractivity contribution in [3.8, 4) is 16.9 Å². The Hall–Kier alpha value is -2.48. The molecule has 2 bridgehead atoms. The van der Waals surface area contributed by atoms with Crippen LogP contribution in [-0.4, -0.2) is 37.8 Å². The average Bonchev–Trinajstić information content (AvgIpc) is 2.69. The molecule has 7 heteroatoms.